The Morgan fingerprint density at radius 3 is 2.62 bits per heavy atom. The van der Waals surface area contributed by atoms with E-state index in [0.29, 0.717) is 32.2 Å². The molecule has 0 saturated carbocycles. The minimum Gasteiger partial charge on any atom is -0.497 e. The van der Waals surface area contributed by atoms with Gasteiger partial charge in [-0.2, -0.15) is 0 Å². The van der Waals surface area contributed by atoms with Gasteiger partial charge in [-0.05, 0) is 35.6 Å². The Balaban J connectivity index is 1.52. The molecule has 2 heterocycles. The third kappa shape index (κ3) is 4.98. The largest absolute Gasteiger partial charge is 0.497 e. The van der Waals surface area contributed by atoms with Crippen LogP contribution >= 0.6 is 0 Å². The maximum atomic E-state index is 13.3. The molecule has 2 aromatic carbocycles. The van der Waals surface area contributed by atoms with Crippen LogP contribution in [0.5, 0.6) is 5.75 Å². The maximum absolute atomic E-state index is 13.3. The molecule has 1 amide bonds. The topological polar surface area (TPSA) is 42.0 Å². The highest BCUT2D eigenvalue weighted by Crippen LogP contribution is 2.32. The molecule has 29 heavy (non-hydrogen) atoms. The Morgan fingerprint density at radius 1 is 1.07 bits per heavy atom. The summed E-state index contributed by atoms with van der Waals surface area (Å²) in [5, 5.41) is 0. The second-order valence-corrected chi connectivity index (χ2v) is 8.02. The van der Waals surface area contributed by atoms with E-state index in [9.17, 15) is 4.79 Å². The van der Waals surface area contributed by atoms with E-state index in [1.807, 2.05) is 17.0 Å². The van der Waals surface area contributed by atoms with Crippen molar-refractivity contribution in [3.8, 4) is 5.75 Å². The number of ether oxygens (including phenoxy) is 2. The summed E-state index contributed by atoms with van der Waals surface area (Å²) < 4.78 is 10.8. The van der Waals surface area contributed by atoms with Gasteiger partial charge in [0.2, 0.25) is 5.91 Å². The minimum absolute atomic E-state index is 0.0256. The smallest absolute Gasteiger partial charge is 0.227 e. The maximum Gasteiger partial charge on any atom is 0.227 e. The van der Waals surface area contributed by atoms with Crippen LogP contribution in [0.1, 0.15) is 23.5 Å². The number of carbonyl (C=O) groups is 1. The Bertz CT molecular complexity index is 805. The summed E-state index contributed by atoms with van der Waals surface area (Å²) in [4.78, 5) is 17.7. The van der Waals surface area contributed by atoms with Crippen LogP contribution in [0.2, 0.25) is 0 Å². The molecule has 2 fully saturated rings. The van der Waals surface area contributed by atoms with Gasteiger partial charge in [-0.1, -0.05) is 42.5 Å². The first-order valence-electron chi connectivity index (χ1n) is 10.5. The summed E-state index contributed by atoms with van der Waals surface area (Å²) in [7, 11) is 1.70. The molecular weight excluding hydrogens is 364 g/mol. The number of methoxy groups -OCH3 is 1. The quantitative estimate of drug-likeness (QED) is 0.781. The van der Waals surface area contributed by atoms with Crippen molar-refractivity contribution in [1.29, 1.82) is 0 Å². The molecule has 2 unspecified atom stereocenters. The lowest BCUT2D eigenvalue weighted by molar-refractivity contribution is -0.141. The van der Waals surface area contributed by atoms with Gasteiger partial charge in [0, 0.05) is 32.7 Å². The van der Waals surface area contributed by atoms with Gasteiger partial charge in [-0.3, -0.25) is 9.69 Å². The van der Waals surface area contributed by atoms with Crippen molar-refractivity contribution in [2.45, 2.75) is 18.9 Å². The molecule has 2 aliphatic rings. The van der Waals surface area contributed by atoms with Crippen molar-refractivity contribution in [3.63, 3.8) is 0 Å². The molecule has 0 aromatic heterocycles. The fourth-order valence-corrected chi connectivity index (χ4v) is 4.54. The zero-order chi connectivity index (χ0) is 20.1. The molecular formula is C24H30N2O3. The van der Waals surface area contributed by atoms with Crippen LogP contribution in [0.25, 0.3) is 0 Å². The number of piperidine rings is 1. The van der Waals surface area contributed by atoms with Crippen LogP contribution in [0.4, 0.5) is 0 Å². The standard InChI is InChI=1S/C24H30N2O3/c1-28-23-9-5-6-19(14-23)16-25-17-21(20-7-3-2-4-8-20)15-22(18-25)24(27)26-10-12-29-13-11-26/h2-9,14,21-22H,10-13,15-18H2,1H3. The van der Waals surface area contributed by atoms with E-state index in [4.69, 9.17) is 9.47 Å². The summed E-state index contributed by atoms with van der Waals surface area (Å²) in [5.74, 6) is 1.55. The fraction of sp³-hybridized carbons (Fsp3) is 0.458. The number of amides is 1. The van der Waals surface area contributed by atoms with E-state index in [2.05, 4.69) is 47.4 Å². The molecule has 0 radical (unpaired) electrons. The van der Waals surface area contributed by atoms with E-state index >= 15 is 0 Å². The number of nitrogens with zero attached hydrogens (tertiary/aromatic N) is 2. The number of morpholine rings is 1. The van der Waals surface area contributed by atoms with Gasteiger partial charge < -0.3 is 14.4 Å². The molecule has 0 aliphatic carbocycles. The Hall–Kier alpha value is -2.37. The summed E-state index contributed by atoms with van der Waals surface area (Å²) in [6, 6.07) is 18.8. The second kappa shape index (κ2) is 9.42. The number of hydrogen-bond donors (Lipinski definition) is 0. The van der Waals surface area contributed by atoms with Gasteiger partial charge in [-0.25, -0.2) is 0 Å². The first-order chi connectivity index (χ1) is 14.2. The molecule has 0 spiro atoms. The molecule has 4 rings (SSSR count). The van der Waals surface area contributed by atoms with E-state index in [0.717, 1.165) is 31.8 Å². The SMILES string of the molecule is COc1cccc(CN2CC(C(=O)N3CCOCC3)CC(c3ccccc3)C2)c1. The van der Waals surface area contributed by atoms with E-state index < -0.39 is 0 Å². The fourth-order valence-electron chi connectivity index (χ4n) is 4.54. The van der Waals surface area contributed by atoms with Crippen LogP contribution < -0.4 is 4.74 Å². The van der Waals surface area contributed by atoms with Gasteiger partial charge >= 0.3 is 0 Å². The van der Waals surface area contributed by atoms with Gasteiger partial charge in [0.1, 0.15) is 5.75 Å². The van der Waals surface area contributed by atoms with Crippen LogP contribution in [0, 0.1) is 5.92 Å². The lowest BCUT2D eigenvalue weighted by atomic mass is 9.83. The second-order valence-electron chi connectivity index (χ2n) is 8.02. The summed E-state index contributed by atoms with van der Waals surface area (Å²) in [6.07, 6.45) is 0.912. The lowest BCUT2D eigenvalue weighted by Crippen LogP contribution is -2.49. The number of hydrogen-bond acceptors (Lipinski definition) is 4. The third-order valence-electron chi connectivity index (χ3n) is 6.01. The van der Waals surface area contributed by atoms with Crippen molar-refractivity contribution >= 4 is 5.91 Å². The zero-order valence-corrected chi connectivity index (χ0v) is 17.1. The van der Waals surface area contributed by atoms with Crippen molar-refractivity contribution in [1.82, 2.24) is 9.80 Å². The molecule has 5 heteroatoms. The number of carbonyl (C=O) groups excluding carboxylic acids is 1. The molecule has 2 atom stereocenters. The number of likely N-dealkylation sites (tertiary alicyclic amines) is 1. The summed E-state index contributed by atoms with van der Waals surface area (Å²) in [5.41, 5.74) is 2.54. The zero-order valence-electron chi connectivity index (χ0n) is 17.1. The molecule has 2 saturated heterocycles. The van der Waals surface area contributed by atoms with Gasteiger partial charge in [-0.15, -0.1) is 0 Å². The molecule has 2 aromatic rings. The summed E-state index contributed by atoms with van der Waals surface area (Å²) >= 11 is 0. The molecule has 5 nitrogen and oxygen atoms in total. The van der Waals surface area contributed by atoms with Crippen LogP contribution in [-0.2, 0) is 16.1 Å². The van der Waals surface area contributed by atoms with Crippen molar-refractivity contribution in [3.05, 3.63) is 65.7 Å². The lowest BCUT2D eigenvalue weighted by Gasteiger charge is -2.40. The highest BCUT2D eigenvalue weighted by Gasteiger charge is 2.35. The predicted octanol–water partition coefficient (Wildman–Crippen LogP) is 3.16. The van der Waals surface area contributed by atoms with Crippen LogP contribution in [0.15, 0.2) is 54.6 Å². The van der Waals surface area contributed by atoms with Crippen molar-refractivity contribution < 1.29 is 14.3 Å². The normalized spacial score (nSPS) is 23.0. The summed E-state index contributed by atoms with van der Waals surface area (Å²) in [6.45, 7) is 5.31. The molecule has 0 N–H and O–H groups in total. The van der Waals surface area contributed by atoms with Gasteiger partial charge in [0.05, 0.1) is 26.2 Å². The van der Waals surface area contributed by atoms with Gasteiger partial charge in [0.15, 0.2) is 0 Å². The van der Waals surface area contributed by atoms with Gasteiger partial charge in [0.25, 0.3) is 0 Å². The Morgan fingerprint density at radius 2 is 1.86 bits per heavy atom. The van der Waals surface area contributed by atoms with E-state index in [-0.39, 0.29) is 11.8 Å². The number of benzene rings is 2. The average molecular weight is 395 g/mol. The Kier molecular flexibility index (Phi) is 6.47. The molecule has 154 valence electrons. The van der Waals surface area contributed by atoms with E-state index in [1.165, 1.54) is 11.1 Å². The van der Waals surface area contributed by atoms with Crippen LogP contribution in [-0.4, -0.2) is 62.2 Å². The first-order valence-corrected chi connectivity index (χ1v) is 10.5. The number of rotatable bonds is 5. The molecule has 2 aliphatic heterocycles. The van der Waals surface area contributed by atoms with E-state index in [1.54, 1.807) is 7.11 Å². The predicted molar refractivity (Wildman–Crippen MR) is 113 cm³/mol. The van der Waals surface area contributed by atoms with Crippen molar-refractivity contribution in [2.24, 2.45) is 5.92 Å². The molecule has 0 bridgehead atoms. The third-order valence-corrected chi connectivity index (χ3v) is 6.01. The first kappa shape index (κ1) is 19.9. The highest BCUT2D eigenvalue weighted by molar-refractivity contribution is 5.79. The average Bonchev–Trinajstić information content (AvgIpc) is 2.79. The minimum atomic E-state index is 0.0256. The Labute approximate surface area is 173 Å². The van der Waals surface area contributed by atoms with Crippen LogP contribution in [0.3, 0.4) is 0 Å². The monoisotopic (exact) mass is 394 g/mol. The highest BCUT2D eigenvalue weighted by atomic mass is 16.5. The van der Waals surface area contributed by atoms with Crippen molar-refractivity contribution in [2.75, 3.05) is 46.5 Å².